The number of hydrogen-bond acceptors (Lipinski definition) is 6. The number of ether oxygens (including phenoxy) is 3. The van der Waals surface area contributed by atoms with E-state index in [9.17, 15) is 14.4 Å². The topological polar surface area (TPSA) is 95.9 Å². The Hall–Kier alpha value is -4.59. The molecule has 0 aliphatic carbocycles. The number of nitrogens with zero attached hydrogens (tertiary/aromatic N) is 1. The van der Waals surface area contributed by atoms with E-state index in [0.29, 0.717) is 27.8 Å². The van der Waals surface area contributed by atoms with Gasteiger partial charge in [0, 0.05) is 24.5 Å². The second-order valence-electron chi connectivity index (χ2n) is 8.04. The van der Waals surface area contributed by atoms with Crippen molar-refractivity contribution < 1.29 is 23.8 Å². The van der Waals surface area contributed by atoms with Gasteiger partial charge in [-0.3, -0.25) is 9.59 Å². The Kier molecular flexibility index (Phi) is 5.93. The molecule has 1 aliphatic heterocycles. The molecule has 0 saturated carbocycles. The monoisotopic (exact) mass is 470 g/mol. The number of carbonyl (C=O) groups excluding carboxylic acids is 2. The summed E-state index contributed by atoms with van der Waals surface area (Å²) < 4.78 is 17.2. The zero-order chi connectivity index (χ0) is 24.4. The first-order chi connectivity index (χ1) is 17.0. The molecule has 35 heavy (non-hydrogen) atoms. The second kappa shape index (κ2) is 9.34. The minimum Gasteiger partial charge on any atom is -0.454 e. The highest BCUT2D eigenvalue weighted by atomic mass is 16.7. The highest BCUT2D eigenvalue weighted by molar-refractivity contribution is 6.07. The van der Waals surface area contributed by atoms with Crippen molar-refractivity contribution >= 4 is 22.6 Å². The Morgan fingerprint density at radius 3 is 2.46 bits per heavy atom. The molecule has 1 aromatic heterocycles. The van der Waals surface area contributed by atoms with Crippen LogP contribution in [0.2, 0.25) is 0 Å². The van der Waals surface area contributed by atoms with Gasteiger partial charge in [-0.25, -0.2) is 4.79 Å². The molecular formula is C27H22N2O6. The number of nitrogens with one attached hydrogen (secondary N) is 1. The SMILES string of the molecule is Cn1c(C(=O)OCC(=O)NCc2ccc3c(c2)OCO3)c(-c2ccccc2)c2ccccc2c1=O. The van der Waals surface area contributed by atoms with Gasteiger partial charge in [-0.15, -0.1) is 0 Å². The molecule has 0 saturated heterocycles. The fraction of sp³-hybridized carbons (Fsp3) is 0.148. The summed E-state index contributed by atoms with van der Waals surface area (Å²) in [5, 5.41) is 3.85. The van der Waals surface area contributed by atoms with E-state index in [1.54, 1.807) is 30.3 Å². The number of esters is 1. The number of rotatable bonds is 6. The van der Waals surface area contributed by atoms with Crippen LogP contribution in [0.1, 0.15) is 16.1 Å². The minimum absolute atomic E-state index is 0.0865. The average molecular weight is 470 g/mol. The molecule has 1 aliphatic rings. The molecule has 5 rings (SSSR count). The van der Waals surface area contributed by atoms with Gasteiger partial charge in [0.25, 0.3) is 11.5 Å². The summed E-state index contributed by atoms with van der Waals surface area (Å²) in [6.45, 7) is -0.0846. The number of carbonyl (C=O) groups is 2. The number of benzene rings is 3. The normalized spacial score (nSPS) is 11.9. The first-order valence-electron chi connectivity index (χ1n) is 11.0. The number of hydrogen-bond donors (Lipinski definition) is 1. The van der Waals surface area contributed by atoms with Gasteiger partial charge in [0.1, 0.15) is 5.69 Å². The molecule has 0 fully saturated rings. The fourth-order valence-corrected chi connectivity index (χ4v) is 4.10. The lowest BCUT2D eigenvalue weighted by atomic mass is 9.97. The van der Waals surface area contributed by atoms with Crippen LogP contribution in [0.25, 0.3) is 21.9 Å². The molecule has 0 bridgehead atoms. The molecule has 1 N–H and O–H groups in total. The molecule has 2 heterocycles. The van der Waals surface area contributed by atoms with Crippen molar-refractivity contribution in [1.29, 1.82) is 0 Å². The van der Waals surface area contributed by atoms with Crippen molar-refractivity contribution in [3.05, 3.63) is 94.4 Å². The van der Waals surface area contributed by atoms with Gasteiger partial charge < -0.3 is 24.1 Å². The average Bonchev–Trinajstić information content (AvgIpc) is 3.36. The van der Waals surface area contributed by atoms with Crippen molar-refractivity contribution in [1.82, 2.24) is 9.88 Å². The lowest BCUT2D eigenvalue weighted by Gasteiger charge is -2.16. The van der Waals surface area contributed by atoms with Crippen LogP contribution in [-0.4, -0.2) is 29.8 Å². The molecule has 3 aromatic carbocycles. The Labute approximate surface area is 200 Å². The lowest BCUT2D eigenvalue weighted by Crippen LogP contribution is -2.30. The van der Waals surface area contributed by atoms with Crippen molar-refractivity contribution in [2.75, 3.05) is 13.4 Å². The minimum atomic E-state index is -0.757. The van der Waals surface area contributed by atoms with Gasteiger partial charge in [0.2, 0.25) is 6.79 Å². The van der Waals surface area contributed by atoms with Gasteiger partial charge in [0.15, 0.2) is 18.1 Å². The summed E-state index contributed by atoms with van der Waals surface area (Å²) in [6.07, 6.45) is 0. The summed E-state index contributed by atoms with van der Waals surface area (Å²) in [7, 11) is 1.53. The van der Waals surface area contributed by atoms with Gasteiger partial charge in [-0.05, 0) is 34.7 Å². The Morgan fingerprint density at radius 2 is 1.66 bits per heavy atom. The van der Waals surface area contributed by atoms with Crippen molar-refractivity contribution in [3.8, 4) is 22.6 Å². The quantitative estimate of drug-likeness (QED) is 0.434. The third-order valence-electron chi connectivity index (χ3n) is 5.82. The molecule has 8 nitrogen and oxygen atoms in total. The molecule has 0 unspecified atom stereocenters. The van der Waals surface area contributed by atoms with E-state index in [1.807, 2.05) is 42.5 Å². The maximum absolute atomic E-state index is 13.2. The van der Waals surface area contributed by atoms with E-state index >= 15 is 0 Å². The van der Waals surface area contributed by atoms with Gasteiger partial charge >= 0.3 is 5.97 Å². The van der Waals surface area contributed by atoms with Crippen LogP contribution in [0.3, 0.4) is 0 Å². The molecule has 0 atom stereocenters. The van der Waals surface area contributed by atoms with Crippen LogP contribution in [0.4, 0.5) is 0 Å². The van der Waals surface area contributed by atoms with Crippen LogP contribution in [-0.2, 0) is 23.1 Å². The highest BCUT2D eigenvalue weighted by Gasteiger charge is 2.23. The van der Waals surface area contributed by atoms with Crippen molar-refractivity contribution in [3.63, 3.8) is 0 Å². The summed E-state index contributed by atoms with van der Waals surface area (Å²) in [5.74, 6) is 0.0496. The maximum Gasteiger partial charge on any atom is 0.356 e. The van der Waals surface area contributed by atoms with E-state index in [2.05, 4.69) is 5.32 Å². The molecule has 8 heteroatoms. The van der Waals surface area contributed by atoms with Gasteiger partial charge in [-0.1, -0.05) is 54.6 Å². The number of pyridine rings is 1. The first kappa shape index (κ1) is 22.2. The second-order valence-corrected chi connectivity index (χ2v) is 8.04. The summed E-state index contributed by atoms with van der Waals surface area (Å²) in [5.41, 5.74) is 1.92. The third-order valence-corrected chi connectivity index (χ3v) is 5.82. The van der Waals surface area contributed by atoms with Crippen LogP contribution in [0, 0.1) is 0 Å². The Bertz CT molecular complexity index is 1490. The lowest BCUT2D eigenvalue weighted by molar-refractivity contribution is -0.124. The predicted octanol–water partition coefficient (Wildman–Crippen LogP) is 3.41. The molecule has 4 aromatic rings. The number of fused-ring (bicyclic) bond motifs is 2. The van der Waals surface area contributed by atoms with E-state index < -0.39 is 18.5 Å². The zero-order valence-electron chi connectivity index (χ0n) is 18.9. The maximum atomic E-state index is 13.2. The third kappa shape index (κ3) is 4.33. The van der Waals surface area contributed by atoms with E-state index in [4.69, 9.17) is 14.2 Å². The van der Waals surface area contributed by atoms with E-state index in [-0.39, 0.29) is 24.6 Å². The highest BCUT2D eigenvalue weighted by Crippen LogP contribution is 2.33. The van der Waals surface area contributed by atoms with Crippen molar-refractivity contribution in [2.24, 2.45) is 7.05 Å². The molecule has 1 amide bonds. The van der Waals surface area contributed by atoms with Crippen LogP contribution >= 0.6 is 0 Å². The summed E-state index contributed by atoms with van der Waals surface area (Å²) >= 11 is 0. The standard InChI is InChI=1S/C27H22N2O6/c1-29-25(24(18-7-3-2-4-8-18)19-9-5-6-10-20(19)26(29)31)27(32)33-15-23(30)28-14-17-11-12-21-22(13-17)35-16-34-21/h2-13H,14-16H2,1H3,(H,28,30). The molecule has 0 radical (unpaired) electrons. The number of amides is 1. The largest absolute Gasteiger partial charge is 0.454 e. The fourth-order valence-electron chi connectivity index (χ4n) is 4.10. The van der Waals surface area contributed by atoms with E-state index in [0.717, 1.165) is 11.1 Å². The smallest absolute Gasteiger partial charge is 0.356 e. The van der Waals surface area contributed by atoms with Crippen LogP contribution < -0.4 is 20.3 Å². The van der Waals surface area contributed by atoms with Gasteiger partial charge in [0.05, 0.1) is 0 Å². The molecule has 0 spiro atoms. The first-order valence-corrected chi connectivity index (χ1v) is 11.0. The zero-order valence-corrected chi connectivity index (χ0v) is 18.9. The molecule has 176 valence electrons. The molecular weight excluding hydrogens is 448 g/mol. The van der Waals surface area contributed by atoms with Crippen molar-refractivity contribution in [2.45, 2.75) is 6.54 Å². The van der Waals surface area contributed by atoms with Crippen LogP contribution in [0.15, 0.2) is 77.6 Å². The summed E-state index contributed by atoms with van der Waals surface area (Å²) in [6, 6.07) is 21.8. The van der Waals surface area contributed by atoms with Gasteiger partial charge in [-0.2, -0.15) is 0 Å². The predicted molar refractivity (Wildman–Crippen MR) is 129 cm³/mol. The number of aromatic nitrogens is 1. The van der Waals surface area contributed by atoms with Crippen LogP contribution in [0.5, 0.6) is 11.5 Å². The Balaban J connectivity index is 1.36. The Morgan fingerprint density at radius 1 is 0.943 bits per heavy atom. The van der Waals surface area contributed by atoms with E-state index in [1.165, 1.54) is 11.6 Å². The summed E-state index contributed by atoms with van der Waals surface area (Å²) in [4.78, 5) is 38.5.